The lowest BCUT2D eigenvalue weighted by molar-refractivity contribution is -0.148. The normalized spacial score (nSPS) is 17.2. The highest BCUT2D eigenvalue weighted by molar-refractivity contribution is 7.16. The van der Waals surface area contributed by atoms with Crippen LogP contribution in [-0.2, 0) is 4.79 Å². The highest BCUT2D eigenvalue weighted by atomic mass is 32.1. The maximum Gasteiger partial charge on any atom is 0.329 e. The third kappa shape index (κ3) is 2.39. The van der Waals surface area contributed by atoms with E-state index in [9.17, 15) is 14.7 Å². The van der Waals surface area contributed by atoms with Gasteiger partial charge in [-0.25, -0.2) is 9.78 Å². The molecule has 7 nitrogen and oxygen atoms in total. The number of nitrogens with one attached hydrogen (secondary N) is 1. The number of fused-ring (bicyclic) bond motifs is 1. The molecule has 1 aliphatic carbocycles. The molecule has 1 aromatic heterocycles. The lowest BCUT2D eigenvalue weighted by Crippen LogP contribution is -2.59. The van der Waals surface area contributed by atoms with Gasteiger partial charge in [0.2, 0.25) is 6.79 Å². The molecule has 2 aromatic rings. The Balaban J connectivity index is 1.54. The summed E-state index contributed by atoms with van der Waals surface area (Å²) in [6.07, 6.45) is 3.19. The van der Waals surface area contributed by atoms with Crippen LogP contribution < -0.4 is 14.8 Å². The van der Waals surface area contributed by atoms with Crippen molar-refractivity contribution in [2.75, 3.05) is 6.79 Å². The van der Waals surface area contributed by atoms with Crippen LogP contribution in [0, 0.1) is 0 Å². The fraction of sp³-hybridized carbons (Fsp3) is 0.312. The number of aliphatic carboxylic acids is 1. The molecule has 2 N–H and O–H groups in total. The van der Waals surface area contributed by atoms with E-state index in [1.165, 1.54) is 17.5 Å². The predicted octanol–water partition coefficient (Wildman–Crippen LogP) is 2.28. The number of ether oxygens (including phenoxy) is 2. The van der Waals surface area contributed by atoms with Gasteiger partial charge in [-0.2, -0.15) is 0 Å². The van der Waals surface area contributed by atoms with Crippen molar-refractivity contribution in [3.8, 4) is 22.1 Å². The van der Waals surface area contributed by atoms with E-state index >= 15 is 0 Å². The lowest BCUT2D eigenvalue weighted by Gasteiger charge is -2.37. The fourth-order valence-corrected chi connectivity index (χ4v) is 3.55. The van der Waals surface area contributed by atoms with E-state index in [-0.39, 0.29) is 6.79 Å². The average Bonchev–Trinajstić information content (AvgIpc) is 3.18. The van der Waals surface area contributed by atoms with Crippen molar-refractivity contribution in [2.45, 2.75) is 24.8 Å². The summed E-state index contributed by atoms with van der Waals surface area (Å²) in [5.74, 6) is -0.0566. The summed E-state index contributed by atoms with van der Waals surface area (Å²) in [6, 6.07) is 5.46. The van der Waals surface area contributed by atoms with Gasteiger partial charge in [0.25, 0.3) is 5.91 Å². The van der Waals surface area contributed by atoms with Gasteiger partial charge in [-0.05, 0) is 37.5 Å². The molecule has 1 aliphatic heterocycles. The quantitative estimate of drug-likeness (QED) is 0.881. The summed E-state index contributed by atoms with van der Waals surface area (Å²) < 4.78 is 10.6. The molecule has 1 aromatic carbocycles. The molecule has 0 unspecified atom stereocenters. The van der Waals surface area contributed by atoms with E-state index in [1.807, 2.05) is 12.1 Å². The highest BCUT2D eigenvalue weighted by Crippen LogP contribution is 2.37. The monoisotopic (exact) mass is 346 g/mol. The zero-order valence-electron chi connectivity index (χ0n) is 12.6. The predicted molar refractivity (Wildman–Crippen MR) is 85.4 cm³/mol. The summed E-state index contributed by atoms with van der Waals surface area (Å²) in [7, 11) is 0. The Morgan fingerprint density at radius 2 is 2.04 bits per heavy atom. The molecule has 0 spiro atoms. The molecule has 0 saturated heterocycles. The van der Waals surface area contributed by atoms with E-state index in [2.05, 4.69) is 10.3 Å². The zero-order chi connectivity index (χ0) is 16.7. The van der Waals surface area contributed by atoms with E-state index in [4.69, 9.17) is 9.47 Å². The molecule has 1 amide bonds. The van der Waals surface area contributed by atoms with E-state index in [0.29, 0.717) is 34.2 Å². The minimum absolute atomic E-state index is 0.196. The first-order valence-electron chi connectivity index (χ1n) is 7.49. The summed E-state index contributed by atoms with van der Waals surface area (Å²) in [6.45, 7) is 0.196. The van der Waals surface area contributed by atoms with Gasteiger partial charge >= 0.3 is 5.97 Å². The maximum atomic E-state index is 12.3. The second-order valence-electron chi connectivity index (χ2n) is 5.79. The van der Waals surface area contributed by atoms with E-state index in [1.54, 1.807) is 6.07 Å². The Hall–Kier alpha value is -2.61. The second-order valence-corrected chi connectivity index (χ2v) is 6.82. The summed E-state index contributed by atoms with van der Waals surface area (Å²) >= 11 is 1.21. The largest absolute Gasteiger partial charge is 0.480 e. The molecular weight excluding hydrogens is 332 g/mol. The highest BCUT2D eigenvalue weighted by Gasteiger charge is 2.46. The Morgan fingerprint density at radius 1 is 1.25 bits per heavy atom. The second kappa shape index (κ2) is 5.48. The number of rotatable bonds is 4. The van der Waals surface area contributed by atoms with E-state index in [0.717, 1.165) is 12.0 Å². The molecule has 2 heterocycles. The van der Waals surface area contributed by atoms with Gasteiger partial charge in [-0.1, -0.05) is 0 Å². The number of carbonyl (C=O) groups excluding carboxylic acids is 1. The van der Waals surface area contributed by atoms with Gasteiger partial charge in [0.15, 0.2) is 11.5 Å². The average molecular weight is 346 g/mol. The number of thiazole rings is 1. The molecule has 124 valence electrons. The van der Waals surface area contributed by atoms with Crippen LogP contribution in [0.15, 0.2) is 24.4 Å². The van der Waals surface area contributed by atoms with E-state index < -0.39 is 17.4 Å². The number of aromatic nitrogens is 1. The lowest BCUT2D eigenvalue weighted by atomic mass is 9.77. The van der Waals surface area contributed by atoms with Gasteiger partial charge in [0, 0.05) is 5.56 Å². The number of hydrogen-bond acceptors (Lipinski definition) is 6. The van der Waals surface area contributed by atoms with Gasteiger partial charge in [-0.3, -0.25) is 4.79 Å². The van der Waals surface area contributed by atoms with Gasteiger partial charge in [0.1, 0.15) is 15.4 Å². The summed E-state index contributed by atoms with van der Waals surface area (Å²) in [5, 5.41) is 12.6. The Bertz CT molecular complexity index is 828. The van der Waals surface area contributed by atoms with Crippen molar-refractivity contribution in [3.05, 3.63) is 29.3 Å². The van der Waals surface area contributed by atoms with Gasteiger partial charge in [-0.15, -0.1) is 11.3 Å². The molecule has 4 rings (SSSR count). The number of carbonyl (C=O) groups is 2. The third-order valence-corrected chi connectivity index (χ3v) is 5.36. The van der Waals surface area contributed by atoms with Crippen molar-refractivity contribution in [3.63, 3.8) is 0 Å². The van der Waals surface area contributed by atoms with Crippen LogP contribution in [0.1, 0.15) is 28.9 Å². The topological polar surface area (TPSA) is 97.8 Å². The molecule has 1 fully saturated rings. The maximum absolute atomic E-state index is 12.3. The minimum Gasteiger partial charge on any atom is -0.480 e. The number of carboxylic acids is 1. The van der Waals surface area contributed by atoms with Gasteiger partial charge < -0.3 is 19.9 Å². The van der Waals surface area contributed by atoms with Crippen LogP contribution in [0.5, 0.6) is 11.5 Å². The first-order chi connectivity index (χ1) is 11.6. The molecule has 8 heteroatoms. The van der Waals surface area contributed by atoms with Crippen LogP contribution in [0.3, 0.4) is 0 Å². The SMILES string of the molecule is O=C(NC1(C(=O)O)CCC1)c1cnc(-c2ccc3c(c2)OCO3)s1. The van der Waals surface area contributed by atoms with Crippen LogP contribution in [0.4, 0.5) is 0 Å². The van der Waals surface area contributed by atoms with Crippen LogP contribution in [0.2, 0.25) is 0 Å². The Kier molecular flexibility index (Phi) is 3.42. The van der Waals surface area contributed by atoms with Crippen molar-refractivity contribution < 1.29 is 24.2 Å². The van der Waals surface area contributed by atoms with Crippen molar-refractivity contribution in [2.24, 2.45) is 0 Å². The number of benzene rings is 1. The molecule has 1 saturated carbocycles. The first kappa shape index (κ1) is 14.9. The standard InChI is InChI=1S/C16H14N2O5S/c19-13(18-16(15(20)21)4-1-5-16)12-7-17-14(24-12)9-2-3-10-11(6-9)23-8-22-10/h2-3,6-7H,1,4-5,8H2,(H,18,19)(H,20,21). The number of amides is 1. The third-order valence-electron chi connectivity index (χ3n) is 4.32. The van der Waals surface area contributed by atoms with Crippen LogP contribution >= 0.6 is 11.3 Å². The van der Waals surface area contributed by atoms with Crippen molar-refractivity contribution in [1.29, 1.82) is 0 Å². The molecular formula is C16H14N2O5S. The van der Waals surface area contributed by atoms with Gasteiger partial charge in [0.05, 0.1) is 6.20 Å². The van der Waals surface area contributed by atoms with Crippen LogP contribution in [0.25, 0.3) is 10.6 Å². The fourth-order valence-electron chi connectivity index (χ4n) is 2.74. The molecule has 0 atom stereocenters. The number of carboxylic acid groups (broad SMARTS) is 1. The smallest absolute Gasteiger partial charge is 0.329 e. The molecule has 24 heavy (non-hydrogen) atoms. The number of hydrogen-bond donors (Lipinski definition) is 2. The van der Waals surface area contributed by atoms with Crippen molar-refractivity contribution >= 4 is 23.2 Å². The summed E-state index contributed by atoms with van der Waals surface area (Å²) in [5.41, 5.74) is -0.306. The molecule has 2 aliphatic rings. The molecule has 0 bridgehead atoms. The molecule has 0 radical (unpaired) electrons. The van der Waals surface area contributed by atoms with Crippen molar-refractivity contribution in [1.82, 2.24) is 10.3 Å². The minimum atomic E-state index is -1.13. The first-order valence-corrected chi connectivity index (χ1v) is 8.31. The zero-order valence-corrected chi connectivity index (χ0v) is 13.4. The Morgan fingerprint density at radius 3 is 2.75 bits per heavy atom. The number of nitrogens with zero attached hydrogens (tertiary/aromatic N) is 1. The Labute approximate surface area is 141 Å². The van der Waals surface area contributed by atoms with Crippen LogP contribution in [-0.4, -0.2) is 34.3 Å². The summed E-state index contributed by atoms with van der Waals surface area (Å²) in [4.78, 5) is 28.3.